The van der Waals surface area contributed by atoms with E-state index in [1.807, 2.05) is 44.2 Å². The highest BCUT2D eigenvalue weighted by Gasteiger charge is 2.80. The average Bonchev–Trinajstić information content (AvgIpc) is 3.56. The van der Waals surface area contributed by atoms with E-state index < -0.39 is 35.1 Å². The van der Waals surface area contributed by atoms with Crippen LogP contribution in [0.2, 0.25) is 0 Å². The van der Waals surface area contributed by atoms with Crippen molar-refractivity contribution in [3.05, 3.63) is 61.2 Å². The number of fused-ring (bicyclic) bond motifs is 1. The van der Waals surface area contributed by atoms with Gasteiger partial charge in [-0.05, 0) is 31.2 Å². The molecule has 4 saturated heterocycles. The summed E-state index contributed by atoms with van der Waals surface area (Å²) in [6, 6.07) is 8.22. The van der Waals surface area contributed by atoms with E-state index >= 15 is 0 Å². The van der Waals surface area contributed by atoms with Crippen LogP contribution in [0.5, 0.6) is 0 Å². The maximum absolute atomic E-state index is 14.8. The first-order chi connectivity index (χ1) is 21.7. The molecule has 3 unspecified atom stereocenters. The number of hydrogen-bond donors (Lipinski definition) is 1. The molecule has 10 heteroatoms. The molecule has 1 N–H and O–H groups in total. The Balaban J connectivity index is 1.52. The van der Waals surface area contributed by atoms with Crippen molar-refractivity contribution in [2.45, 2.75) is 63.4 Å². The zero-order chi connectivity index (χ0) is 32.4. The van der Waals surface area contributed by atoms with Gasteiger partial charge in [0.2, 0.25) is 17.7 Å². The van der Waals surface area contributed by atoms with Crippen molar-refractivity contribution in [1.29, 1.82) is 0 Å². The van der Waals surface area contributed by atoms with Crippen molar-refractivity contribution in [3.63, 3.8) is 0 Å². The Morgan fingerprint density at radius 1 is 1.11 bits per heavy atom. The minimum Gasteiger partial charge on any atom is -0.394 e. The third-order valence-electron chi connectivity index (χ3n) is 10.7. The van der Waals surface area contributed by atoms with Gasteiger partial charge in [-0.15, -0.1) is 13.2 Å². The first kappa shape index (κ1) is 33.3. The topological polar surface area (TPSA) is 103 Å². The molecule has 246 valence electrons. The van der Waals surface area contributed by atoms with Gasteiger partial charge in [-0.25, -0.2) is 0 Å². The van der Waals surface area contributed by atoms with Gasteiger partial charge in [0.25, 0.3) is 0 Å². The van der Waals surface area contributed by atoms with Gasteiger partial charge in [-0.3, -0.25) is 19.3 Å². The monoisotopic (exact) mass is 622 g/mol. The van der Waals surface area contributed by atoms with E-state index in [1.165, 1.54) is 0 Å². The molecule has 0 saturated carbocycles. The van der Waals surface area contributed by atoms with Gasteiger partial charge < -0.3 is 29.3 Å². The Labute approximate surface area is 267 Å². The van der Waals surface area contributed by atoms with Crippen LogP contribution < -0.4 is 0 Å². The summed E-state index contributed by atoms with van der Waals surface area (Å²) in [5.74, 6) is -2.38. The number of carbonyl (C=O) groups is 3. The van der Waals surface area contributed by atoms with E-state index in [2.05, 4.69) is 25.0 Å². The largest absolute Gasteiger partial charge is 0.394 e. The lowest BCUT2D eigenvalue weighted by molar-refractivity contribution is -0.158. The summed E-state index contributed by atoms with van der Waals surface area (Å²) in [6.07, 6.45) is 4.35. The Morgan fingerprint density at radius 3 is 2.40 bits per heavy atom. The van der Waals surface area contributed by atoms with Crippen LogP contribution in [0, 0.1) is 17.8 Å². The van der Waals surface area contributed by atoms with Gasteiger partial charge in [-0.1, -0.05) is 56.3 Å². The van der Waals surface area contributed by atoms with Crippen LogP contribution in [0.15, 0.2) is 55.6 Å². The molecule has 45 heavy (non-hydrogen) atoms. The molecule has 1 aromatic rings. The highest BCUT2D eigenvalue weighted by molar-refractivity contribution is 5.99. The molecule has 0 aromatic heterocycles. The Kier molecular flexibility index (Phi) is 10.2. The van der Waals surface area contributed by atoms with Gasteiger partial charge in [0.15, 0.2) is 0 Å². The van der Waals surface area contributed by atoms with Gasteiger partial charge in [0.1, 0.15) is 11.6 Å². The molecule has 0 aliphatic carbocycles. The predicted octanol–water partition coefficient (Wildman–Crippen LogP) is 2.33. The van der Waals surface area contributed by atoms with Crippen LogP contribution in [0.4, 0.5) is 0 Å². The van der Waals surface area contributed by atoms with Crippen molar-refractivity contribution in [2.24, 2.45) is 17.8 Å². The molecule has 4 heterocycles. The molecule has 4 fully saturated rings. The fourth-order valence-corrected chi connectivity index (χ4v) is 8.23. The Morgan fingerprint density at radius 2 is 1.78 bits per heavy atom. The quantitative estimate of drug-likeness (QED) is 0.318. The number of benzene rings is 1. The maximum atomic E-state index is 14.8. The smallest absolute Gasteiger partial charge is 0.248 e. The molecular weight excluding hydrogens is 572 g/mol. The molecule has 1 aromatic carbocycles. The van der Waals surface area contributed by atoms with Crippen LogP contribution in [0.25, 0.3) is 0 Å². The molecule has 10 nitrogen and oxygen atoms in total. The van der Waals surface area contributed by atoms with E-state index in [1.54, 1.807) is 26.9 Å². The molecule has 7 atom stereocenters. The van der Waals surface area contributed by atoms with E-state index in [4.69, 9.17) is 9.47 Å². The van der Waals surface area contributed by atoms with E-state index in [9.17, 15) is 19.5 Å². The van der Waals surface area contributed by atoms with E-state index in [-0.39, 0.29) is 30.2 Å². The third-order valence-corrected chi connectivity index (χ3v) is 10.7. The Bertz CT molecular complexity index is 1250. The highest BCUT2D eigenvalue weighted by Crippen LogP contribution is 2.66. The van der Waals surface area contributed by atoms with Crippen LogP contribution in [-0.4, -0.2) is 125 Å². The van der Waals surface area contributed by atoms with Crippen LogP contribution in [0.3, 0.4) is 0 Å². The highest BCUT2D eigenvalue weighted by atomic mass is 16.5. The number of rotatable bonds is 14. The fourth-order valence-electron chi connectivity index (χ4n) is 8.23. The fraction of sp³-hybridized carbons (Fsp3) is 0.629. The molecular formula is C35H50N4O6. The van der Waals surface area contributed by atoms with E-state index in [0.717, 1.165) is 18.7 Å². The summed E-state index contributed by atoms with van der Waals surface area (Å²) in [5, 5.41) is 10.5. The van der Waals surface area contributed by atoms with Gasteiger partial charge >= 0.3 is 0 Å². The molecule has 5 rings (SSSR count). The summed E-state index contributed by atoms with van der Waals surface area (Å²) in [6.45, 7) is 18.5. The normalized spacial score (nSPS) is 31.5. The average molecular weight is 623 g/mol. The van der Waals surface area contributed by atoms with Crippen molar-refractivity contribution in [3.8, 4) is 0 Å². The van der Waals surface area contributed by atoms with Crippen LogP contribution in [-0.2, 0) is 30.4 Å². The minimum atomic E-state index is -1.18. The van der Waals surface area contributed by atoms with Gasteiger partial charge in [0, 0.05) is 45.8 Å². The molecule has 4 aliphatic heterocycles. The van der Waals surface area contributed by atoms with Crippen molar-refractivity contribution >= 4 is 17.7 Å². The summed E-state index contributed by atoms with van der Waals surface area (Å²) >= 11 is 0. The third kappa shape index (κ3) is 5.86. The number of ether oxygens (including phenoxy) is 2. The second-order valence-electron chi connectivity index (χ2n) is 13.2. The van der Waals surface area contributed by atoms with Crippen molar-refractivity contribution < 1.29 is 29.0 Å². The maximum Gasteiger partial charge on any atom is 0.248 e. The zero-order valence-electron chi connectivity index (χ0n) is 27.1. The standard InChI is InChI=1S/C35H50N4O6/c1-6-14-37(17-16-36-18-20-44-21-19-36)33(43)30-35-22-25(4)34(5,45-35)28(29(35)32(42)39(30)27(8-3)24-40)31(41)38(15-7-2)23-26-12-10-9-11-13-26/h6-7,9-13,25,27-30,40H,1-2,8,14-24H2,3-5H3/t25?,27-,28+,29-,30?,34-,35?/m0/s1. The number of likely N-dealkylation sites (tertiary alicyclic amines) is 1. The molecule has 1 spiro atoms. The molecule has 0 radical (unpaired) electrons. The number of carbonyl (C=O) groups excluding carboxylic acids is 3. The summed E-state index contributed by atoms with van der Waals surface area (Å²) in [5.41, 5.74) is -1.14. The SMILES string of the molecule is C=CCN(CCN1CCOCC1)C(=O)C1N([C@@H](CC)CO)C(=O)[C@@H]2[C@H](C(=O)N(CC=C)Cc3ccccc3)[C@@]3(C)OC12CC3C. The lowest BCUT2D eigenvalue weighted by Gasteiger charge is -2.40. The number of hydrogen-bond acceptors (Lipinski definition) is 7. The van der Waals surface area contributed by atoms with Crippen molar-refractivity contribution in [1.82, 2.24) is 19.6 Å². The van der Waals surface area contributed by atoms with Crippen molar-refractivity contribution in [2.75, 3.05) is 59.1 Å². The second kappa shape index (κ2) is 13.7. The zero-order valence-corrected chi connectivity index (χ0v) is 27.1. The summed E-state index contributed by atoms with van der Waals surface area (Å²) in [7, 11) is 0. The summed E-state index contributed by atoms with van der Waals surface area (Å²) in [4.78, 5) is 51.4. The van der Waals surface area contributed by atoms with Crippen LogP contribution >= 0.6 is 0 Å². The number of morpholine rings is 1. The number of amides is 3. The summed E-state index contributed by atoms with van der Waals surface area (Å²) < 4.78 is 12.5. The van der Waals surface area contributed by atoms with Crippen LogP contribution in [0.1, 0.15) is 39.2 Å². The lowest BCUT2D eigenvalue weighted by atomic mass is 9.62. The lowest BCUT2D eigenvalue weighted by Crippen LogP contribution is -2.59. The van der Waals surface area contributed by atoms with E-state index in [0.29, 0.717) is 58.8 Å². The first-order valence-electron chi connectivity index (χ1n) is 16.4. The number of nitrogens with zero attached hydrogens (tertiary/aromatic N) is 4. The minimum absolute atomic E-state index is 0.0801. The number of aliphatic hydroxyl groups is 1. The molecule has 2 bridgehead atoms. The van der Waals surface area contributed by atoms with Gasteiger partial charge in [0.05, 0.1) is 43.3 Å². The molecule has 4 aliphatic rings. The predicted molar refractivity (Wildman–Crippen MR) is 171 cm³/mol. The first-order valence-corrected chi connectivity index (χ1v) is 16.4. The number of aliphatic hydroxyl groups excluding tert-OH is 1. The second-order valence-corrected chi connectivity index (χ2v) is 13.2. The van der Waals surface area contributed by atoms with Gasteiger partial charge in [-0.2, -0.15) is 0 Å². The molecule has 3 amide bonds. The Hall–Kier alpha value is -3.05.